The number of nitrogens with zero attached hydrogens (tertiary/aromatic N) is 4. The van der Waals surface area contributed by atoms with E-state index in [2.05, 4.69) is 15.6 Å². The average molecular weight is 281 g/mol. The van der Waals surface area contributed by atoms with E-state index in [0.717, 1.165) is 6.42 Å². The zero-order valence-corrected chi connectivity index (χ0v) is 10.8. The summed E-state index contributed by atoms with van der Waals surface area (Å²) in [6.45, 7) is 0.535. The van der Waals surface area contributed by atoms with Crippen LogP contribution < -0.4 is 5.32 Å². The van der Waals surface area contributed by atoms with Gasteiger partial charge in [-0.25, -0.2) is 4.68 Å². The molecule has 20 heavy (non-hydrogen) atoms. The number of carboxylic acid groups (broad SMARTS) is 1. The van der Waals surface area contributed by atoms with E-state index < -0.39 is 5.97 Å². The third kappa shape index (κ3) is 3.77. The van der Waals surface area contributed by atoms with Gasteiger partial charge in [0.15, 0.2) is 0 Å². The average Bonchev–Trinajstić information content (AvgIpc) is 2.97. The van der Waals surface area contributed by atoms with Crippen molar-refractivity contribution >= 4 is 17.8 Å². The standard InChI is InChI=1S/C11H15N5O4/c17-9(6-15-3-1-2-10(15)18)12-4-8-5-16(14-13-8)7-11(19)20/h5H,1-4,6-7H2,(H,12,17)(H,19,20). The summed E-state index contributed by atoms with van der Waals surface area (Å²) >= 11 is 0. The first kappa shape index (κ1) is 14.0. The lowest BCUT2D eigenvalue weighted by Crippen LogP contribution is -2.37. The van der Waals surface area contributed by atoms with Crippen LogP contribution in [-0.2, 0) is 27.5 Å². The lowest BCUT2D eigenvalue weighted by molar-refractivity contribution is -0.138. The monoisotopic (exact) mass is 281 g/mol. The van der Waals surface area contributed by atoms with Crippen LogP contribution in [0.5, 0.6) is 0 Å². The van der Waals surface area contributed by atoms with Crippen LogP contribution in [0.3, 0.4) is 0 Å². The molecule has 0 unspecified atom stereocenters. The van der Waals surface area contributed by atoms with Gasteiger partial charge in [-0.2, -0.15) is 0 Å². The van der Waals surface area contributed by atoms with E-state index in [-0.39, 0.29) is 31.4 Å². The van der Waals surface area contributed by atoms with E-state index in [1.807, 2.05) is 0 Å². The van der Waals surface area contributed by atoms with Crippen molar-refractivity contribution in [3.05, 3.63) is 11.9 Å². The largest absolute Gasteiger partial charge is 0.480 e. The third-order valence-corrected chi connectivity index (χ3v) is 2.86. The molecule has 0 saturated carbocycles. The molecule has 2 amide bonds. The lowest BCUT2D eigenvalue weighted by atomic mass is 10.4. The second-order valence-electron chi connectivity index (χ2n) is 4.50. The van der Waals surface area contributed by atoms with E-state index in [4.69, 9.17) is 5.11 Å². The second kappa shape index (κ2) is 6.13. The van der Waals surface area contributed by atoms with Gasteiger partial charge in [0.05, 0.1) is 19.3 Å². The minimum Gasteiger partial charge on any atom is -0.480 e. The summed E-state index contributed by atoms with van der Waals surface area (Å²) in [6.07, 6.45) is 2.74. The van der Waals surface area contributed by atoms with Crippen LogP contribution in [0, 0.1) is 0 Å². The third-order valence-electron chi connectivity index (χ3n) is 2.86. The van der Waals surface area contributed by atoms with Crippen molar-refractivity contribution in [2.24, 2.45) is 0 Å². The smallest absolute Gasteiger partial charge is 0.325 e. The van der Waals surface area contributed by atoms with Crippen molar-refractivity contribution in [3.8, 4) is 0 Å². The Labute approximate surface area is 114 Å². The molecule has 1 saturated heterocycles. The summed E-state index contributed by atoms with van der Waals surface area (Å²) in [6, 6.07) is 0. The van der Waals surface area contributed by atoms with E-state index >= 15 is 0 Å². The van der Waals surface area contributed by atoms with Gasteiger partial charge in [-0.15, -0.1) is 5.10 Å². The highest BCUT2D eigenvalue weighted by atomic mass is 16.4. The van der Waals surface area contributed by atoms with Crippen molar-refractivity contribution < 1.29 is 19.5 Å². The Morgan fingerprint density at radius 1 is 1.40 bits per heavy atom. The molecule has 1 aliphatic rings. The summed E-state index contributed by atoms with van der Waals surface area (Å²) in [5, 5.41) is 18.6. The van der Waals surface area contributed by atoms with Crippen LogP contribution >= 0.6 is 0 Å². The Bertz CT molecular complexity index is 527. The molecule has 0 radical (unpaired) electrons. The summed E-state index contributed by atoms with van der Waals surface area (Å²) in [7, 11) is 0. The van der Waals surface area contributed by atoms with Crippen LogP contribution in [0.15, 0.2) is 6.20 Å². The number of carbonyl (C=O) groups excluding carboxylic acids is 2. The normalized spacial score (nSPS) is 14.6. The molecule has 0 spiro atoms. The predicted molar refractivity (Wildman–Crippen MR) is 65.3 cm³/mol. The summed E-state index contributed by atoms with van der Waals surface area (Å²) in [5.74, 6) is -1.29. The van der Waals surface area contributed by atoms with E-state index in [0.29, 0.717) is 18.7 Å². The molecule has 0 atom stereocenters. The van der Waals surface area contributed by atoms with Crippen LogP contribution in [0.1, 0.15) is 18.5 Å². The Hall–Kier alpha value is -2.45. The van der Waals surface area contributed by atoms with Gasteiger partial charge in [-0.1, -0.05) is 5.21 Å². The molecule has 0 bridgehead atoms. The quantitative estimate of drug-likeness (QED) is 0.662. The minimum atomic E-state index is -1.02. The Morgan fingerprint density at radius 2 is 2.20 bits per heavy atom. The van der Waals surface area contributed by atoms with E-state index in [1.165, 1.54) is 15.8 Å². The molecular weight excluding hydrogens is 266 g/mol. The molecule has 2 N–H and O–H groups in total. The van der Waals surface area contributed by atoms with Crippen molar-refractivity contribution in [1.82, 2.24) is 25.2 Å². The molecule has 1 fully saturated rings. The van der Waals surface area contributed by atoms with Crippen molar-refractivity contribution in [1.29, 1.82) is 0 Å². The van der Waals surface area contributed by atoms with Crippen molar-refractivity contribution in [2.45, 2.75) is 25.9 Å². The SMILES string of the molecule is O=C(O)Cn1cc(CNC(=O)CN2CCCC2=O)nn1. The predicted octanol–water partition coefficient (Wildman–Crippen LogP) is -1.40. The highest BCUT2D eigenvalue weighted by Crippen LogP contribution is 2.08. The number of aromatic nitrogens is 3. The number of hydrogen-bond acceptors (Lipinski definition) is 5. The molecule has 1 aromatic rings. The van der Waals surface area contributed by atoms with Gasteiger partial charge in [0.1, 0.15) is 12.2 Å². The summed E-state index contributed by atoms with van der Waals surface area (Å²) in [4.78, 5) is 35.0. The molecule has 0 aliphatic carbocycles. The van der Waals surface area contributed by atoms with Gasteiger partial charge in [0.25, 0.3) is 0 Å². The van der Waals surface area contributed by atoms with E-state index in [9.17, 15) is 14.4 Å². The Morgan fingerprint density at radius 3 is 2.85 bits per heavy atom. The number of likely N-dealkylation sites (tertiary alicyclic amines) is 1. The fraction of sp³-hybridized carbons (Fsp3) is 0.545. The van der Waals surface area contributed by atoms with Gasteiger partial charge < -0.3 is 15.3 Å². The number of carbonyl (C=O) groups is 3. The number of amides is 2. The van der Waals surface area contributed by atoms with Crippen LogP contribution in [0.2, 0.25) is 0 Å². The maximum Gasteiger partial charge on any atom is 0.325 e. The molecule has 108 valence electrons. The number of hydrogen-bond donors (Lipinski definition) is 2. The van der Waals surface area contributed by atoms with Gasteiger partial charge in [-0.05, 0) is 6.42 Å². The molecule has 0 aromatic carbocycles. The highest BCUT2D eigenvalue weighted by molar-refractivity contribution is 5.85. The van der Waals surface area contributed by atoms with Crippen molar-refractivity contribution in [3.63, 3.8) is 0 Å². The molecule has 2 rings (SSSR count). The van der Waals surface area contributed by atoms with Gasteiger partial charge >= 0.3 is 5.97 Å². The zero-order valence-electron chi connectivity index (χ0n) is 10.8. The Kier molecular flexibility index (Phi) is 4.28. The second-order valence-corrected chi connectivity index (χ2v) is 4.50. The topological polar surface area (TPSA) is 117 Å². The maximum absolute atomic E-state index is 11.6. The Balaban J connectivity index is 1.76. The van der Waals surface area contributed by atoms with E-state index in [1.54, 1.807) is 0 Å². The molecule has 1 aliphatic heterocycles. The van der Waals surface area contributed by atoms with Crippen molar-refractivity contribution in [2.75, 3.05) is 13.1 Å². The number of aliphatic carboxylic acids is 1. The number of nitrogens with one attached hydrogen (secondary N) is 1. The van der Waals surface area contributed by atoms with Gasteiger partial charge in [-0.3, -0.25) is 14.4 Å². The fourth-order valence-corrected chi connectivity index (χ4v) is 1.92. The van der Waals surface area contributed by atoms with Gasteiger partial charge in [0, 0.05) is 13.0 Å². The van der Waals surface area contributed by atoms with Crippen LogP contribution in [0.4, 0.5) is 0 Å². The van der Waals surface area contributed by atoms with Gasteiger partial charge in [0.2, 0.25) is 11.8 Å². The molecule has 9 heteroatoms. The number of rotatable bonds is 6. The van der Waals surface area contributed by atoms with Crippen LogP contribution in [0.25, 0.3) is 0 Å². The maximum atomic E-state index is 11.6. The first-order valence-electron chi connectivity index (χ1n) is 6.20. The summed E-state index contributed by atoms with van der Waals surface area (Å²) in [5.41, 5.74) is 0.465. The first-order chi connectivity index (χ1) is 9.54. The first-order valence-corrected chi connectivity index (χ1v) is 6.20. The van der Waals surface area contributed by atoms with Crippen LogP contribution in [-0.4, -0.2) is 55.9 Å². The molecule has 2 heterocycles. The molecule has 1 aromatic heterocycles. The molecular formula is C11H15N5O4. The lowest BCUT2D eigenvalue weighted by Gasteiger charge is -2.14. The minimum absolute atomic E-state index is 0.00690. The summed E-state index contributed by atoms with van der Waals surface area (Å²) < 4.78 is 1.17. The highest BCUT2D eigenvalue weighted by Gasteiger charge is 2.22. The fourth-order valence-electron chi connectivity index (χ4n) is 1.92. The molecule has 9 nitrogen and oxygen atoms in total. The zero-order chi connectivity index (χ0) is 14.5. The number of carboxylic acids is 1.